The van der Waals surface area contributed by atoms with Crippen molar-refractivity contribution in [2.75, 3.05) is 6.54 Å². The Morgan fingerprint density at radius 1 is 1.28 bits per heavy atom. The number of carbonyl (C=O) groups is 1. The Kier molecular flexibility index (Phi) is 5.39. The van der Waals surface area contributed by atoms with E-state index in [1.807, 2.05) is 30.0 Å². The molecule has 1 amide bonds. The van der Waals surface area contributed by atoms with Crippen LogP contribution in [0.4, 0.5) is 0 Å². The van der Waals surface area contributed by atoms with Crippen LogP contribution in [0.25, 0.3) is 0 Å². The third kappa shape index (κ3) is 3.84. The zero-order valence-corrected chi connectivity index (χ0v) is 13.4. The summed E-state index contributed by atoms with van der Waals surface area (Å²) in [5, 5.41) is 0. The van der Waals surface area contributed by atoms with Crippen molar-refractivity contribution in [2.24, 2.45) is 5.92 Å². The maximum Gasteiger partial charge on any atom is 0.254 e. The highest BCUT2D eigenvalue weighted by atomic mass is 79.9. The molecule has 0 atom stereocenters. The highest BCUT2D eigenvalue weighted by molar-refractivity contribution is 9.10. The fraction of sp³-hybridized carbons (Fsp3) is 0.533. The molecule has 0 bridgehead atoms. The molecule has 18 heavy (non-hydrogen) atoms. The minimum atomic E-state index is 0.111. The Labute approximate surface area is 119 Å². The van der Waals surface area contributed by atoms with Crippen molar-refractivity contribution < 1.29 is 4.79 Å². The lowest BCUT2D eigenvalue weighted by Gasteiger charge is -2.28. The minimum absolute atomic E-state index is 0.111. The van der Waals surface area contributed by atoms with E-state index < -0.39 is 0 Å². The summed E-state index contributed by atoms with van der Waals surface area (Å²) in [7, 11) is 0. The molecule has 0 spiro atoms. The second-order valence-electron chi connectivity index (χ2n) is 5.41. The minimum Gasteiger partial charge on any atom is -0.336 e. The summed E-state index contributed by atoms with van der Waals surface area (Å²) in [4.78, 5) is 14.4. The van der Waals surface area contributed by atoms with Crippen molar-refractivity contribution in [3.63, 3.8) is 0 Å². The lowest BCUT2D eigenvalue weighted by Crippen LogP contribution is -2.39. The van der Waals surface area contributed by atoms with Crippen molar-refractivity contribution >= 4 is 21.8 Å². The maximum atomic E-state index is 12.5. The average Bonchev–Trinajstić information content (AvgIpc) is 2.28. The lowest BCUT2D eigenvalue weighted by molar-refractivity contribution is 0.0682. The summed E-state index contributed by atoms with van der Waals surface area (Å²) in [6.45, 7) is 11.2. The quantitative estimate of drug-likeness (QED) is 0.813. The molecule has 0 saturated heterocycles. The second kappa shape index (κ2) is 6.37. The fourth-order valence-electron chi connectivity index (χ4n) is 1.81. The SMILES string of the molecule is Cc1ccc(C(=O)N(CC(C)C)C(C)C)cc1Br. The van der Waals surface area contributed by atoms with Gasteiger partial charge in [0.05, 0.1) is 0 Å². The number of rotatable bonds is 4. The topological polar surface area (TPSA) is 20.3 Å². The molecule has 0 aromatic heterocycles. The molecule has 0 unspecified atom stereocenters. The van der Waals surface area contributed by atoms with Crippen molar-refractivity contribution in [1.29, 1.82) is 0 Å². The Hall–Kier alpha value is -0.830. The zero-order valence-electron chi connectivity index (χ0n) is 11.8. The predicted molar refractivity (Wildman–Crippen MR) is 79.9 cm³/mol. The standard InChI is InChI=1S/C15H22BrNO/c1-10(2)9-17(11(3)4)15(18)13-7-6-12(5)14(16)8-13/h6-8,10-11H,9H2,1-5H3. The summed E-state index contributed by atoms with van der Waals surface area (Å²) in [5.41, 5.74) is 1.90. The zero-order chi connectivity index (χ0) is 13.9. The van der Waals surface area contributed by atoms with Crippen molar-refractivity contribution in [3.8, 4) is 0 Å². The molecule has 0 heterocycles. The van der Waals surface area contributed by atoms with Crippen molar-refractivity contribution in [2.45, 2.75) is 40.7 Å². The van der Waals surface area contributed by atoms with E-state index >= 15 is 0 Å². The van der Waals surface area contributed by atoms with Gasteiger partial charge in [-0.25, -0.2) is 0 Å². The predicted octanol–water partition coefficient (Wildman–Crippen LogP) is 4.26. The van der Waals surface area contributed by atoms with Crippen LogP contribution < -0.4 is 0 Å². The molecule has 1 aromatic rings. The van der Waals surface area contributed by atoms with Crippen LogP contribution in [0, 0.1) is 12.8 Å². The van der Waals surface area contributed by atoms with Gasteiger partial charge in [-0.15, -0.1) is 0 Å². The molecule has 0 radical (unpaired) electrons. The molecular formula is C15H22BrNO. The van der Waals surface area contributed by atoms with Gasteiger partial charge in [0.15, 0.2) is 0 Å². The third-order valence-electron chi connectivity index (χ3n) is 2.86. The number of nitrogens with zero attached hydrogens (tertiary/aromatic N) is 1. The van der Waals surface area contributed by atoms with E-state index in [0.29, 0.717) is 5.92 Å². The first-order valence-electron chi connectivity index (χ1n) is 6.40. The molecular weight excluding hydrogens is 290 g/mol. The Bertz CT molecular complexity index is 427. The van der Waals surface area contributed by atoms with Gasteiger partial charge < -0.3 is 4.90 Å². The number of hydrogen-bond acceptors (Lipinski definition) is 1. The number of hydrogen-bond donors (Lipinski definition) is 0. The maximum absolute atomic E-state index is 12.5. The molecule has 100 valence electrons. The smallest absolute Gasteiger partial charge is 0.254 e. The van der Waals surface area contributed by atoms with Crippen LogP contribution in [0.1, 0.15) is 43.6 Å². The van der Waals surface area contributed by atoms with Gasteiger partial charge >= 0.3 is 0 Å². The monoisotopic (exact) mass is 311 g/mol. The largest absolute Gasteiger partial charge is 0.336 e. The number of halogens is 1. The molecule has 1 rings (SSSR count). The van der Waals surface area contributed by atoms with Crippen LogP contribution in [0.2, 0.25) is 0 Å². The Morgan fingerprint density at radius 2 is 1.89 bits per heavy atom. The molecule has 0 aliphatic rings. The van der Waals surface area contributed by atoms with Crippen molar-refractivity contribution in [3.05, 3.63) is 33.8 Å². The lowest BCUT2D eigenvalue weighted by atomic mass is 10.1. The number of amides is 1. The van der Waals surface area contributed by atoms with E-state index in [1.54, 1.807) is 0 Å². The average molecular weight is 312 g/mol. The molecule has 0 saturated carbocycles. The Morgan fingerprint density at radius 3 is 2.33 bits per heavy atom. The van der Waals surface area contributed by atoms with Crippen molar-refractivity contribution in [1.82, 2.24) is 4.90 Å². The van der Waals surface area contributed by atoms with E-state index in [-0.39, 0.29) is 11.9 Å². The van der Waals surface area contributed by atoms with Gasteiger partial charge in [0.25, 0.3) is 5.91 Å². The van der Waals surface area contributed by atoms with Crippen LogP contribution in [0.3, 0.4) is 0 Å². The van der Waals surface area contributed by atoms with Gasteiger partial charge in [0, 0.05) is 22.6 Å². The molecule has 2 nitrogen and oxygen atoms in total. The summed E-state index contributed by atoms with van der Waals surface area (Å²) in [6.07, 6.45) is 0. The normalized spacial score (nSPS) is 11.1. The first-order chi connectivity index (χ1) is 8.32. The van der Waals surface area contributed by atoms with E-state index in [0.717, 1.165) is 22.1 Å². The first kappa shape index (κ1) is 15.2. The van der Waals surface area contributed by atoms with Crippen LogP contribution in [0.15, 0.2) is 22.7 Å². The van der Waals surface area contributed by atoms with Crippen LogP contribution >= 0.6 is 15.9 Å². The van der Waals surface area contributed by atoms with Gasteiger partial charge in [-0.05, 0) is 44.4 Å². The first-order valence-corrected chi connectivity index (χ1v) is 7.19. The summed E-state index contributed by atoms with van der Waals surface area (Å²) < 4.78 is 0.988. The van der Waals surface area contributed by atoms with Gasteiger partial charge in [-0.3, -0.25) is 4.79 Å². The van der Waals surface area contributed by atoms with E-state index in [9.17, 15) is 4.79 Å². The second-order valence-corrected chi connectivity index (χ2v) is 6.26. The van der Waals surface area contributed by atoms with E-state index in [1.165, 1.54) is 0 Å². The van der Waals surface area contributed by atoms with Crippen LogP contribution in [-0.2, 0) is 0 Å². The van der Waals surface area contributed by atoms with E-state index in [4.69, 9.17) is 0 Å². The highest BCUT2D eigenvalue weighted by Gasteiger charge is 2.19. The Balaban J connectivity index is 2.98. The summed E-state index contributed by atoms with van der Waals surface area (Å²) >= 11 is 3.48. The number of carbonyl (C=O) groups excluding carboxylic acids is 1. The molecule has 0 N–H and O–H groups in total. The van der Waals surface area contributed by atoms with Gasteiger partial charge in [0.1, 0.15) is 0 Å². The molecule has 1 aromatic carbocycles. The van der Waals surface area contributed by atoms with Gasteiger partial charge in [0.2, 0.25) is 0 Å². The fourth-order valence-corrected chi connectivity index (χ4v) is 2.19. The van der Waals surface area contributed by atoms with Crippen LogP contribution in [0.5, 0.6) is 0 Å². The number of aryl methyl sites for hydroxylation is 1. The third-order valence-corrected chi connectivity index (χ3v) is 3.72. The molecule has 0 aliphatic heterocycles. The summed E-state index contributed by atoms with van der Waals surface area (Å²) in [5.74, 6) is 0.588. The van der Waals surface area contributed by atoms with Crippen LogP contribution in [-0.4, -0.2) is 23.4 Å². The summed E-state index contributed by atoms with van der Waals surface area (Å²) in [6, 6.07) is 6.01. The van der Waals surface area contributed by atoms with Gasteiger partial charge in [-0.1, -0.05) is 35.8 Å². The molecule has 3 heteroatoms. The molecule has 0 aliphatic carbocycles. The highest BCUT2D eigenvalue weighted by Crippen LogP contribution is 2.19. The number of benzene rings is 1. The van der Waals surface area contributed by atoms with Gasteiger partial charge in [-0.2, -0.15) is 0 Å². The van der Waals surface area contributed by atoms with E-state index in [2.05, 4.69) is 43.6 Å². The molecule has 0 fully saturated rings.